The maximum absolute atomic E-state index is 14.3. The molecule has 4 saturated carbocycles. The zero-order valence-corrected chi connectivity index (χ0v) is 24.3. The van der Waals surface area contributed by atoms with Gasteiger partial charge in [-0.25, -0.2) is 0 Å². The highest BCUT2D eigenvalue weighted by molar-refractivity contribution is 9.10. The number of fused-ring (bicyclic) bond motifs is 5. The Kier molecular flexibility index (Phi) is 7.83. The van der Waals surface area contributed by atoms with Crippen LogP contribution in [0.3, 0.4) is 0 Å². The minimum atomic E-state index is -0.320. The molecule has 11 atom stereocenters. The van der Waals surface area contributed by atoms with E-state index in [2.05, 4.69) is 43.6 Å². The van der Waals surface area contributed by atoms with Crippen molar-refractivity contribution in [1.82, 2.24) is 0 Å². The number of carbonyl (C=O) groups excluding carboxylic acids is 4. The van der Waals surface area contributed by atoms with Crippen molar-refractivity contribution in [2.45, 2.75) is 96.9 Å². The molecule has 0 N–H and O–H groups in total. The Morgan fingerprint density at radius 1 is 1.11 bits per heavy atom. The summed E-state index contributed by atoms with van der Waals surface area (Å²) in [6.07, 6.45) is 5.81. The van der Waals surface area contributed by atoms with Crippen LogP contribution in [0.2, 0.25) is 0 Å². The Labute approximate surface area is 224 Å². The fourth-order valence-electron chi connectivity index (χ4n) is 9.33. The first kappa shape index (κ1) is 27.8. The molecule has 4 rings (SSSR count). The van der Waals surface area contributed by atoms with E-state index in [4.69, 9.17) is 9.47 Å². The number of hydrogen-bond acceptors (Lipinski definition) is 6. The van der Waals surface area contributed by atoms with Crippen LogP contribution in [0.1, 0.15) is 86.0 Å². The van der Waals surface area contributed by atoms with Crippen LogP contribution in [0.5, 0.6) is 0 Å². The molecule has 6 nitrogen and oxygen atoms in total. The van der Waals surface area contributed by atoms with Crippen LogP contribution in [-0.4, -0.2) is 41.5 Å². The third-order valence-corrected chi connectivity index (χ3v) is 12.5. The summed E-state index contributed by atoms with van der Waals surface area (Å²) >= 11 is 3.90. The second kappa shape index (κ2) is 10.1. The molecule has 0 radical (unpaired) electrons. The molecule has 0 spiro atoms. The van der Waals surface area contributed by atoms with Gasteiger partial charge in [0.1, 0.15) is 11.9 Å². The Hall–Kier alpha value is -1.24. The molecule has 0 amide bonds. The molecular weight excluding hydrogens is 524 g/mol. The van der Waals surface area contributed by atoms with Gasteiger partial charge < -0.3 is 9.47 Å². The van der Waals surface area contributed by atoms with Crippen LogP contribution in [0, 0.1) is 52.3 Å². The molecule has 202 valence electrons. The van der Waals surface area contributed by atoms with Crippen molar-refractivity contribution in [2.24, 2.45) is 52.3 Å². The van der Waals surface area contributed by atoms with Gasteiger partial charge in [0.2, 0.25) is 0 Å². The van der Waals surface area contributed by atoms with Crippen molar-refractivity contribution in [3.63, 3.8) is 0 Å². The number of ketones is 2. The zero-order valence-electron chi connectivity index (χ0n) is 22.7. The lowest BCUT2D eigenvalue weighted by Gasteiger charge is -2.62. The van der Waals surface area contributed by atoms with E-state index in [-0.39, 0.29) is 86.7 Å². The van der Waals surface area contributed by atoms with E-state index in [1.165, 1.54) is 14.0 Å². The van der Waals surface area contributed by atoms with Gasteiger partial charge in [-0.1, -0.05) is 43.6 Å². The van der Waals surface area contributed by atoms with Crippen molar-refractivity contribution in [2.75, 3.05) is 7.11 Å². The summed E-state index contributed by atoms with van der Waals surface area (Å²) in [5.41, 5.74) is -0.588. The standard InChI is InChI=1S/C29H43BrO6/c1-7-18-21-14-17(36-16(3)31)12-13-28(21,4)24-23(25(18)33)20-10-9-19(15(2)8-11-22(32)35-6)29(20,5)27(30)26(24)34/h15,17-21,23-24,27H,7-14H2,1-6H3/t15-,17-,18-,19-,20?,21+,23?,24?,27+,28+,29-/m1/s1. The molecule has 7 heteroatoms. The van der Waals surface area contributed by atoms with E-state index in [1.807, 2.05) is 0 Å². The Bertz CT molecular complexity index is 917. The Morgan fingerprint density at radius 3 is 2.42 bits per heavy atom. The van der Waals surface area contributed by atoms with Crippen LogP contribution >= 0.6 is 15.9 Å². The molecule has 4 fully saturated rings. The lowest BCUT2D eigenvalue weighted by Crippen LogP contribution is -2.66. The lowest BCUT2D eigenvalue weighted by atomic mass is 9.41. The number of hydrogen-bond donors (Lipinski definition) is 0. The Balaban J connectivity index is 1.67. The zero-order chi connectivity index (χ0) is 26.6. The van der Waals surface area contributed by atoms with Gasteiger partial charge in [-0.3, -0.25) is 19.2 Å². The SMILES string of the molecule is CC[C@H]1C(=O)C2C3CC[C@H]([C@H](C)CCC(=O)OC)[C@@]3(C)[C@@H](Br)C(=O)C2[C@@]2(C)CC[C@@H](OC(C)=O)C[C@@H]12. The fourth-order valence-corrected chi connectivity index (χ4v) is 10.3. The highest BCUT2D eigenvalue weighted by Gasteiger charge is 2.70. The second-order valence-electron chi connectivity index (χ2n) is 12.6. The van der Waals surface area contributed by atoms with Crippen molar-refractivity contribution in [1.29, 1.82) is 0 Å². The molecule has 0 aromatic heterocycles. The van der Waals surface area contributed by atoms with E-state index in [0.29, 0.717) is 12.8 Å². The first-order valence-corrected chi connectivity index (χ1v) is 14.8. The highest BCUT2D eigenvalue weighted by Crippen LogP contribution is 2.69. The van der Waals surface area contributed by atoms with Crippen molar-refractivity contribution < 1.29 is 28.7 Å². The monoisotopic (exact) mass is 566 g/mol. The summed E-state index contributed by atoms with van der Waals surface area (Å²) in [6.45, 7) is 10.2. The number of ether oxygens (including phenoxy) is 2. The number of esters is 2. The van der Waals surface area contributed by atoms with Gasteiger partial charge in [-0.15, -0.1) is 0 Å². The van der Waals surface area contributed by atoms with Crippen LogP contribution in [0.15, 0.2) is 0 Å². The first-order chi connectivity index (χ1) is 16.9. The van der Waals surface area contributed by atoms with Gasteiger partial charge in [-0.2, -0.15) is 0 Å². The number of Topliss-reactive ketones (excluding diaryl/α,β-unsaturated/α-hetero) is 2. The van der Waals surface area contributed by atoms with Gasteiger partial charge in [-0.05, 0) is 79.4 Å². The molecule has 0 aromatic rings. The third-order valence-electron chi connectivity index (χ3n) is 11.0. The Morgan fingerprint density at radius 2 is 1.81 bits per heavy atom. The third kappa shape index (κ3) is 4.19. The van der Waals surface area contributed by atoms with E-state index >= 15 is 0 Å². The first-order valence-electron chi connectivity index (χ1n) is 13.9. The van der Waals surface area contributed by atoms with Gasteiger partial charge in [0.05, 0.1) is 11.9 Å². The fraction of sp³-hybridized carbons (Fsp3) is 0.862. The summed E-state index contributed by atoms with van der Waals surface area (Å²) in [4.78, 5) is 51.7. The predicted molar refractivity (Wildman–Crippen MR) is 139 cm³/mol. The van der Waals surface area contributed by atoms with Crippen molar-refractivity contribution in [3.05, 3.63) is 0 Å². The predicted octanol–water partition coefficient (Wildman–Crippen LogP) is 5.53. The number of methoxy groups -OCH3 is 1. The average molecular weight is 568 g/mol. The van der Waals surface area contributed by atoms with Crippen LogP contribution < -0.4 is 0 Å². The number of alkyl halides is 1. The summed E-state index contributed by atoms with van der Waals surface area (Å²) in [7, 11) is 1.42. The van der Waals surface area contributed by atoms with E-state index in [9.17, 15) is 19.2 Å². The van der Waals surface area contributed by atoms with E-state index in [0.717, 1.165) is 38.5 Å². The molecule has 0 heterocycles. The molecule has 0 saturated heterocycles. The van der Waals surface area contributed by atoms with Crippen LogP contribution in [0.4, 0.5) is 0 Å². The topological polar surface area (TPSA) is 86.7 Å². The summed E-state index contributed by atoms with van der Waals surface area (Å²) < 4.78 is 10.5. The molecule has 4 aliphatic rings. The summed E-state index contributed by atoms with van der Waals surface area (Å²) in [5, 5.41) is 0. The van der Waals surface area contributed by atoms with Crippen molar-refractivity contribution in [3.8, 4) is 0 Å². The number of halogens is 1. The molecule has 36 heavy (non-hydrogen) atoms. The van der Waals surface area contributed by atoms with E-state index in [1.54, 1.807) is 0 Å². The second-order valence-corrected chi connectivity index (χ2v) is 13.5. The van der Waals surface area contributed by atoms with E-state index < -0.39 is 0 Å². The van der Waals surface area contributed by atoms with Gasteiger partial charge in [0.25, 0.3) is 0 Å². The minimum absolute atomic E-state index is 0.0542. The van der Waals surface area contributed by atoms with Crippen LogP contribution in [-0.2, 0) is 28.7 Å². The number of rotatable bonds is 6. The largest absolute Gasteiger partial charge is 0.469 e. The van der Waals surface area contributed by atoms with Gasteiger partial charge in [0.15, 0.2) is 5.78 Å². The summed E-state index contributed by atoms with van der Waals surface area (Å²) in [5.74, 6) is 0.0636. The van der Waals surface area contributed by atoms with Gasteiger partial charge in [0, 0.05) is 31.1 Å². The lowest BCUT2D eigenvalue weighted by molar-refractivity contribution is -0.182. The normalized spacial score (nSPS) is 44.8. The maximum atomic E-state index is 14.3. The molecule has 3 unspecified atom stereocenters. The molecule has 0 bridgehead atoms. The average Bonchev–Trinajstić information content (AvgIpc) is 3.19. The van der Waals surface area contributed by atoms with Crippen molar-refractivity contribution >= 4 is 39.4 Å². The summed E-state index contributed by atoms with van der Waals surface area (Å²) in [6, 6.07) is 0. The van der Waals surface area contributed by atoms with Gasteiger partial charge >= 0.3 is 11.9 Å². The number of carbonyl (C=O) groups is 4. The minimum Gasteiger partial charge on any atom is -0.469 e. The molecule has 0 aliphatic heterocycles. The molecule has 0 aromatic carbocycles. The quantitative estimate of drug-likeness (QED) is 0.310. The molecule has 4 aliphatic carbocycles. The van der Waals surface area contributed by atoms with Crippen LogP contribution in [0.25, 0.3) is 0 Å². The smallest absolute Gasteiger partial charge is 0.305 e. The highest BCUT2D eigenvalue weighted by atomic mass is 79.9. The molecular formula is C29H43BrO6. The maximum Gasteiger partial charge on any atom is 0.305 e.